The van der Waals surface area contributed by atoms with Crippen LogP contribution in [0.5, 0.6) is 0 Å². The van der Waals surface area contributed by atoms with E-state index in [9.17, 15) is 29.2 Å². The molecule has 0 saturated heterocycles. The molecule has 3 amide bonds. The highest BCUT2D eigenvalue weighted by Gasteiger charge is 2.25. The van der Waals surface area contributed by atoms with Gasteiger partial charge in [-0.15, -0.1) is 0 Å². The zero-order valence-corrected chi connectivity index (χ0v) is 20.9. The van der Waals surface area contributed by atoms with Crippen molar-refractivity contribution in [3.05, 3.63) is 29.3 Å². The smallest absolute Gasteiger partial charge is 0.325 e. The number of halogens is 1. The number of amides is 3. The van der Waals surface area contributed by atoms with Gasteiger partial charge < -0.3 is 25.8 Å². The van der Waals surface area contributed by atoms with E-state index in [-0.39, 0.29) is 37.5 Å². The van der Waals surface area contributed by atoms with Crippen molar-refractivity contribution in [2.24, 2.45) is 5.73 Å². The van der Waals surface area contributed by atoms with Gasteiger partial charge in [0.2, 0.25) is 11.8 Å². The van der Waals surface area contributed by atoms with Gasteiger partial charge >= 0.3 is 17.2 Å². The van der Waals surface area contributed by atoms with Crippen LogP contribution >= 0.6 is 23.4 Å². The summed E-state index contributed by atoms with van der Waals surface area (Å²) in [6.45, 7) is 3.05. The Morgan fingerprint density at radius 1 is 1.11 bits per heavy atom. The van der Waals surface area contributed by atoms with Crippen molar-refractivity contribution in [1.29, 1.82) is 0 Å². The highest BCUT2D eigenvalue weighted by Crippen LogP contribution is 2.20. The Morgan fingerprint density at radius 2 is 1.74 bits per heavy atom. The number of esters is 2. The molecule has 0 spiro atoms. The summed E-state index contributed by atoms with van der Waals surface area (Å²) in [6.07, 6.45) is -0.230. The number of anilines is 1. The predicted molar refractivity (Wildman–Crippen MR) is 129 cm³/mol. The van der Waals surface area contributed by atoms with Crippen LogP contribution in [0.3, 0.4) is 0 Å². The van der Waals surface area contributed by atoms with E-state index in [4.69, 9.17) is 26.8 Å². The van der Waals surface area contributed by atoms with Crippen LogP contribution in [0.25, 0.3) is 0 Å². The van der Waals surface area contributed by atoms with Gasteiger partial charge in [-0.3, -0.25) is 29.2 Å². The number of nitrogens with two attached hydrogens (primary N) is 1. The minimum atomic E-state index is -1.25. The predicted octanol–water partition coefficient (Wildman–Crippen LogP) is 1.22. The molecule has 5 N–H and O–H groups in total. The van der Waals surface area contributed by atoms with E-state index in [0.717, 1.165) is 0 Å². The first kappa shape index (κ1) is 30.2. The SMILES string of the molecule is CCOC(=O)CNC(=O)C(CSC(=O)N(O)c1ccc(Cl)cc1)NC(=O)CCC(N)C(=O)OCC. The lowest BCUT2D eigenvalue weighted by molar-refractivity contribution is -0.145. The molecule has 14 heteroatoms. The quantitative estimate of drug-likeness (QED) is 0.164. The Bertz CT molecular complexity index is 887. The maximum Gasteiger partial charge on any atom is 0.325 e. The van der Waals surface area contributed by atoms with Gasteiger partial charge in [0.05, 0.1) is 18.9 Å². The molecule has 0 fully saturated rings. The van der Waals surface area contributed by atoms with Gasteiger partial charge in [0.1, 0.15) is 18.6 Å². The average Bonchev–Trinajstić information content (AvgIpc) is 2.83. The largest absolute Gasteiger partial charge is 0.465 e. The van der Waals surface area contributed by atoms with Crippen molar-refractivity contribution in [2.45, 2.75) is 38.8 Å². The molecular weight excluding hydrogens is 504 g/mol. The molecule has 0 heterocycles. The molecule has 0 saturated carbocycles. The fourth-order valence-electron chi connectivity index (χ4n) is 2.50. The summed E-state index contributed by atoms with van der Waals surface area (Å²) in [5, 5.41) is 14.8. The number of hydroxylamine groups is 1. The fourth-order valence-corrected chi connectivity index (χ4v) is 3.40. The lowest BCUT2D eigenvalue weighted by Gasteiger charge is -2.20. The third kappa shape index (κ3) is 11.4. The monoisotopic (exact) mass is 532 g/mol. The van der Waals surface area contributed by atoms with Crippen molar-refractivity contribution in [2.75, 3.05) is 30.6 Å². The number of rotatable bonds is 13. The standard InChI is InChI=1S/C21H29ClN4O8S/c1-3-33-18(28)11-24-19(29)16(25-17(27)10-9-15(23)20(30)34-4-2)12-35-21(31)26(32)14-7-5-13(22)6-8-14/h5-8,15-16,32H,3-4,9-12,23H2,1-2H3,(H,24,29)(H,25,27). The highest BCUT2D eigenvalue weighted by atomic mass is 35.5. The molecule has 35 heavy (non-hydrogen) atoms. The summed E-state index contributed by atoms with van der Waals surface area (Å²) in [5.74, 6) is -2.98. The van der Waals surface area contributed by atoms with Crippen LogP contribution in [0.4, 0.5) is 10.5 Å². The zero-order valence-electron chi connectivity index (χ0n) is 19.3. The Hall–Kier alpha value is -2.87. The van der Waals surface area contributed by atoms with Gasteiger partial charge in [-0.25, -0.2) is 0 Å². The van der Waals surface area contributed by atoms with Crippen LogP contribution < -0.4 is 21.4 Å². The molecule has 2 atom stereocenters. The number of hydrogen-bond acceptors (Lipinski definition) is 10. The highest BCUT2D eigenvalue weighted by molar-refractivity contribution is 8.13. The molecule has 2 unspecified atom stereocenters. The molecular formula is C21H29ClN4O8S. The van der Waals surface area contributed by atoms with Crippen LogP contribution in [-0.2, 0) is 28.7 Å². The lowest BCUT2D eigenvalue weighted by Crippen LogP contribution is -2.50. The van der Waals surface area contributed by atoms with E-state index >= 15 is 0 Å². The van der Waals surface area contributed by atoms with Crippen molar-refractivity contribution in [1.82, 2.24) is 10.6 Å². The maximum atomic E-state index is 12.6. The Labute approximate surface area is 211 Å². The summed E-state index contributed by atoms with van der Waals surface area (Å²) in [4.78, 5) is 60.4. The van der Waals surface area contributed by atoms with E-state index in [1.807, 2.05) is 0 Å². The van der Waals surface area contributed by atoms with Crippen molar-refractivity contribution in [3.63, 3.8) is 0 Å². The van der Waals surface area contributed by atoms with Crippen LogP contribution in [0.15, 0.2) is 24.3 Å². The van der Waals surface area contributed by atoms with Crippen molar-refractivity contribution >= 4 is 58.0 Å². The molecule has 12 nitrogen and oxygen atoms in total. The topological polar surface area (TPSA) is 177 Å². The number of carbonyl (C=O) groups excluding carboxylic acids is 5. The minimum absolute atomic E-state index is 0.0328. The molecule has 1 aromatic carbocycles. The van der Waals surface area contributed by atoms with E-state index < -0.39 is 47.6 Å². The molecule has 0 aliphatic rings. The molecule has 0 radical (unpaired) electrons. The fraction of sp³-hybridized carbons (Fsp3) is 0.476. The molecule has 1 rings (SSSR count). The van der Waals surface area contributed by atoms with E-state index in [1.165, 1.54) is 24.3 Å². The van der Waals surface area contributed by atoms with Gasteiger partial charge in [-0.05, 0) is 44.5 Å². The summed E-state index contributed by atoms with van der Waals surface area (Å²) >= 11 is 6.35. The summed E-state index contributed by atoms with van der Waals surface area (Å²) in [7, 11) is 0. The number of hydrogen-bond donors (Lipinski definition) is 4. The number of nitrogens with zero attached hydrogens (tertiary/aromatic N) is 1. The summed E-state index contributed by atoms with van der Waals surface area (Å²) in [5.41, 5.74) is 5.82. The Kier molecular flexibility index (Phi) is 13.7. The second-order valence-corrected chi connectivity index (χ2v) is 8.31. The van der Waals surface area contributed by atoms with E-state index in [0.29, 0.717) is 21.8 Å². The van der Waals surface area contributed by atoms with Gasteiger partial charge in [0, 0.05) is 17.2 Å². The van der Waals surface area contributed by atoms with Crippen LogP contribution in [0, 0.1) is 0 Å². The lowest BCUT2D eigenvalue weighted by atomic mass is 10.1. The van der Waals surface area contributed by atoms with Gasteiger partial charge in [0.25, 0.3) is 0 Å². The number of ether oxygens (including phenoxy) is 2. The summed E-state index contributed by atoms with van der Waals surface area (Å²) < 4.78 is 9.52. The van der Waals surface area contributed by atoms with Crippen molar-refractivity contribution in [3.8, 4) is 0 Å². The molecule has 1 aromatic rings. The van der Waals surface area contributed by atoms with Gasteiger partial charge in [-0.2, -0.15) is 5.06 Å². The van der Waals surface area contributed by atoms with Crippen LogP contribution in [0.1, 0.15) is 26.7 Å². The Morgan fingerprint density at radius 3 is 2.34 bits per heavy atom. The molecule has 0 bridgehead atoms. The number of benzene rings is 1. The first-order chi connectivity index (χ1) is 16.6. The van der Waals surface area contributed by atoms with Crippen molar-refractivity contribution < 1.29 is 38.7 Å². The van der Waals surface area contributed by atoms with E-state index in [2.05, 4.69) is 10.6 Å². The second kappa shape index (κ2) is 15.9. The number of nitrogens with one attached hydrogen (secondary N) is 2. The van der Waals surface area contributed by atoms with Crippen LogP contribution in [-0.4, -0.2) is 71.8 Å². The third-order valence-electron chi connectivity index (χ3n) is 4.25. The third-order valence-corrected chi connectivity index (χ3v) is 5.43. The molecule has 0 aliphatic carbocycles. The van der Waals surface area contributed by atoms with E-state index in [1.54, 1.807) is 13.8 Å². The minimum Gasteiger partial charge on any atom is -0.465 e. The molecule has 0 aromatic heterocycles. The van der Waals surface area contributed by atoms with Gasteiger partial charge in [-0.1, -0.05) is 23.4 Å². The van der Waals surface area contributed by atoms with Crippen LogP contribution in [0.2, 0.25) is 5.02 Å². The first-order valence-corrected chi connectivity index (χ1v) is 12.0. The second-order valence-electron chi connectivity index (χ2n) is 6.91. The number of thioether (sulfide) groups is 1. The average molecular weight is 533 g/mol. The molecule has 194 valence electrons. The Balaban J connectivity index is 2.76. The maximum absolute atomic E-state index is 12.6. The summed E-state index contributed by atoms with van der Waals surface area (Å²) in [6, 6.07) is 3.52. The number of carbonyl (C=O) groups is 5. The van der Waals surface area contributed by atoms with Gasteiger partial charge in [0.15, 0.2) is 0 Å². The first-order valence-electron chi connectivity index (χ1n) is 10.6. The normalized spacial score (nSPS) is 12.1. The zero-order chi connectivity index (χ0) is 26.4. The molecule has 0 aliphatic heterocycles.